The van der Waals surface area contributed by atoms with Gasteiger partial charge < -0.3 is 24.0 Å². The summed E-state index contributed by atoms with van der Waals surface area (Å²) in [5, 5.41) is 0. The molecule has 0 radical (unpaired) electrons. The average molecular weight is 577 g/mol. The molecule has 5 atom stereocenters. The highest BCUT2D eigenvalue weighted by atomic mass is 16.6. The van der Waals surface area contributed by atoms with E-state index in [1.165, 1.54) is 12.8 Å². The van der Waals surface area contributed by atoms with Crippen molar-refractivity contribution in [2.75, 3.05) is 19.8 Å². The molecule has 0 N–H and O–H groups in total. The highest BCUT2D eigenvalue weighted by molar-refractivity contribution is 5.97. The summed E-state index contributed by atoms with van der Waals surface area (Å²) in [6, 6.07) is 14.9. The van der Waals surface area contributed by atoms with E-state index in [2.05, 4.69) is 27.7 Å². The van der Waals surface area contributed by atoms with Crippen LogP contribution in [0.2, 0.25) is 0 Å². The lowest BCUT2D eigenvalue weighted by Crippen LogP contribution is -2.69. The molecule has 3 aliphatic rings. The van der Waals surface area contributed by atoms with E-state index < -0.39 is 12.1 Å². The zero-order valence-electron chi connectivity index (χ0n) is 25.8. The Labute approximate surface area is 251 Å². The molecule has 7 heteroatoms. The van der Waals surface area contributed by atoms with Crippen LogP contribution in [0.25, 0.3) is 0 Å². The van der Waals surface area contributed by atoms with Crippen molar-refractivity contribution in [2.24, 2.45) is 5.92 Å². The summed E-state index contributed by atoms with van der Waals surface area (Å²) in [4.78, 5) is 32.7. The maximum absolute atomic E-state index is 14.4. The fourth-order valence-electron chi connectivity index (χ4n) is 6.17. The second-order valence-electron chi connectivity index (χ2n) is 12.5. The molecule has 3 unspecified atom stereocenters. The van der Waals surface area contributed by atoms with Crippen LogP contribution < -0.4 is 9.47 Å². The van der Waals surface area contributed by atoms with E-state index in [9.17, 15) is 9.59 Å². The molecule has 42 heavy (non-hydrogen) atoms. The number of piperazine rings is 1. The molecule has 0 spiro atoms. The van der Waals surface area contributed by atoms with Crippen molar-refractivity contribution in [3.05, 3.63) is 59.7 Å². The van der Waals surface area contributed by atoms with Crippen LogP contribution in [0.15, 0.2) is 48.5 Å². The lowest BCUT2D eigenvalue weighted by atomic mass is 9.90. The van der Waals surface area contributed by atoms with Crippen LogP contribution >= 0.6 is 0 Å². The van der Waals surface area contributed by atoms with Gasteiger partial charge in [-0.25, -0.2) is 0 Å². The molecule has 2 aromatic carbocycles. The normalized spacial score (nSPS) is 23.6. The number of nitrogens with zero attached hydrogens (tertiary/aromatic N) is 2. The van der Waals surface area contributed by atoms with Gasteiger partial charge in [-0.2, -0.15) is 0 Å². The fourth-order valence-corrected chi connectivity index (χ4v) is 6.17. The zero-order valence-corrected chi connectivity index (χ0v) is 25.8. The number of carbonyl (C=O) groups excluding carboxylic acids is 2. The van der Waals surface area contributed by atoms with Crippen molar-refractivity contribution in [3.8, 4) is 11.5 Å². The monoisotopic (exact) mass is 576 g/mol. The van der Waals surface area contributed by atoms with E-state index in [1.54, 1.807) is 0 Å². The molecule has 3 fully saturated rings. The average Bonchev–Trinajstić information content (AvgIpc) is 3.91. The number of amides is 2. The van der Waals surface area contributed by atoms with Crippen LogP contribution in [0, 0.1) is 5.92 Å². The topological polar surface area (TPSA) is 71.6 Å². The highest BCUT2D eigenvalue weighted by Gasteiger charge is 2.48. The van der Waals surface area contributed by atoms with Crippen LogP contribution in [-0.2, 0) is 27.2 Å². The summed E-state index contributed by atoms with van der Waals surface area (Å²) in [5.74, 6) is 2.46. The molecular formula is C35H48N2O5. The number of ether oxygens (including phenoxy) is 3. The third-order valence-electron chi connectivity index (χ3n) is 8.84. The molecule has 5 rings (SSSR count). The van der Waals surface area contributed by atoms with E-state index >= 15 is 0 Å². The highest BCUT2D eigenvalue weighted by Crippen LogP contribution is 2.32. The quantitative estimate of drug-likeness (QED) is 0.236. The van der Waals surface area contributed by atoms with Gasteiger partial charge in [-0.05, 0) is 80.8 Å². The number of epoxide rings is 1. The predicted octanol–water partition coefficient (Wildman–Crippen LogP) is 5.82. The molecule has 1 saturated carbocycles. The summed E-state index contributed by atoms with van der Waals surface area (Å²) in [6.07, 6.45) is 7.31. The molecule has 0 bridgehead atoms. The summed E-state index contributed by atoms with van der Waals surface area (Å²) in [5.41, 5.74) is 2.07. The number of hydrogen-bond donors (Lipinski definition) is 0. The molecule has 2 aromatic rings. The maximum atomic E-state index is 14.4. The zero-order chi connectivity index (χ0) is 29.6. The van der Waals surface area contributed by atoms with Crippen LogP contribution in [-0.4, -0.2) is 71.7 Å². The predicted molar refractivity (Wildman–Crippen MR) is 164 cm³/mol. The number of rotatable bonds is 16. The van der Waals surface area contributed by atoms with Crippen molar-refractivity contribution in [3.63, 3.8) is 0 Å². The number of hydrogen-bond acceptors (Lipinski definition) is 5. The minimum atomic E-state index is -0.528. The van der Waals surface area contributed by atoms with Crippen molar-refractivity contribution < 1.29 is 23.8 Å². The Morgan fingerprint density at radius 2 is 1.17 bits per heavy atom. The SMILES string of the molecule is CCCC(C)N1C(=O)[C@H](Cc2ccc(OCC3CC3)cc2)N(C(C)CCC)C(=O)[C@H]1Cc1ccc(OCC2CO2)cc1. The van der Waals surface area contributed by atoms with Gasteiger partial charge in [0.25, 0.3) is 0 Å². The van der Waals surface area contributed by atoms with Crippen LogP contribution in [0.4, 0.5) is 0 Å². The summed E-state index contributed by atoms with van der Waals surface area (Å²) in [7, 11) is 0. The maximum Gasteiger partial charge on any atom is 0.246 e. The molecule has 2 amide bonds. The molecule has 2 aliphatic heterocycles. The summed E-state index contributed by atoms with van der Waals surface area (Å²) < 4.78 is 17.0. The molecule has 0 aromatic heterocycles. The Morgan fingerprint density at radius 3 is 1.55 bits per heavy atom. The minimum Gasteiger partial charge on any atom is -0.493 e. The van der Waals surface area contributed by atoms with E-state index in [1.807, 2.05) is 58.3 Å². The van der Waals surface area contributed by atoms with Gasteiger partial charge in [0.1, 0.15) is 36.3 Å². The number of carbonyl (C=O) groups is 2. The summed E-state index contributed by atoms with van der Waals surface area (Å²) >= 11 is 0. The van der Waals surface area contributed by atoms with Gasteiger partial charge in [0.15, 0.2) is 0 Å². The standard InChI is InChI=1S/C35H48N2O5/c1-5-7-24(3)36-32(19-26-11-15-29(16-12-26)40-21-28-9-10-28)34(38)37(25(4)8-6-2)33(35(36)39)20-27-13-17-30(18-14-27)41-22-31-23-42-31/h11-18,24-25,28,31-33H,5-10,19-23H2,1-4H3/t24?,25?,31?,32-,33+/m0/s1. The Bertz CT molecular complexity index is 1080. The smallest absolute Gasteiger partial charge is 0.246 e. The minimum absolute atomic E-state index is 0.0239. The Balaban J connectivity index is 1.37. The Kier molecular flexibility index (Phi) is 10.1. The molecule has 1 aliphatic carbocycles. The Hall–Kier alpha value is -3.06. The first-order valence-electron chi connectivity index (χ1n) is 16.1. The number of benzene rings is 2. The van der Waals surface area contributed by atoms with Gasteiger partial charge in [-0.3, -0.25) is 9.59 Å². The summed E-state index contributed by atoms with van der Waals surface area (Å²) in [6.45, 7) is 10.5. The van der Waals surface area contributed by atoms with E-state index in [-0.39, 0.29) is 30.0 Å². The van der Waals surface area contributed by atoms with Gasteiger partial charge in [0.2, 0.25) is 11.8 Å². The van der Waals surface area contributed by atoms with Crippen molar-refractivity contribution in [1.29, 1.82) is 0 Å². The molecular weight excluding hydrogens is 528 g/mol. The second kappa shape index (κ2) is 13.9. The van der Waals surface area contributed by atoms with Gasteiger partial charge in [0.05, 0.1) is 13.2 Å². The van der Waals surface area contributed by atoms with Crippen molar-refractivity contribution in [2.45, 2.75) is 109 Å². The van der Waals surface area contributed by atoms with E-state index in [0.717, 1.165) is 61.5 Å². The molecule has 2 heterocycles. The molecule has 228 valence electrons. The van der Waals surface area contributed by atoms with Crippen LogP contribution in [0.5, 0.6) is 11.5 Å². The third kappa shape index (κ3) is 7.66. The van der Waals surface area contributed by atoms with Crippen molar-refractivity contribution >= 4 is 11.8 Å². The third-order valence-corrected chi connectivity index (χ3v) is 8.84. The van der Waals surface area contributed by atoms with E-state index in [4.69, 9.17) is 14.2 Å². The van der Waals surface area contributed by atoms with Crippen molar-refractivity contribution in [1.82, 2.24) is 9.80 Å². The van der Waals surface area contributed by atoms with E-state index in [0.29, 0.717) is 25.4 Å². The lowest BCUT2D eigenvalue weighted by molar-refractivity contribution is -0.167. The lowest BCUT2D eigenvalue weighted by Gasteiger charge is -2.49. The second-order valence-corrected chi connectivity index (χ2v) is 12.5. The molecule has 7 nitrogen and oxygen atoms in total. The first-order valence-corrected chi connectivity index (χ1v) is 16.1. The fraction of sp³-hybridized carbons (Fsp3) is 0.600. The van der Waals surface area contributed by atoms with Crippen LogP contribution in [0.3, 0.4) is 0 Å². The van der Waals surface area contributed by atoms with Gasteiger partial charge in [-0.15, -0.1) is 0 Å². The first-order chi connectivity index (χ1) is 20.4. The largest absolute Gasteiger partial charge is 0.493 e. The molecule has 2 saturated heterocycles. The first kappa shape index (κ1) is 30.4. The van der Waals surface area contributed by atoms with Crippen LogP contribution in [0.1, 0.15) is 77.3 Å². The Morgan fingerprint density at radius 1 is 0.738 bits per heavy atom. The van der Waals surface area contributed by atoms with Gasteiger partial charge in [-0.1, -0.05) is 51.0 Å². The van der Waals surface area contributed by atoms with Gasteiger partial charge >= 0.3 is 0 Å². The van der Waals surface area contributed by atoms with Gasteiger partial charge in [0, 0.05) is 24.9 Å².